The van der Waals surface area contributed by atoms with Gasteiger partial charge in [0.05, 0.1) is 0 Å². The third kappa shape index (κ3) is 2.60. The summed E-state index contributed by atoms with van der Waals surface area (Å²) in [6.07, 6.45) is 10.2. The van der Waals surface area contributed by atoms with Crippen molar-refractivity contribution in [3.8, 4) is 0 Å². The molecule has 0 amide bonds. The van der Waals surface area contributed by atoms with E-state index in [1.165, 1.54) is 64.6 Å². The van der Waals surface area contributed by atoms with Crippen LogP contribution >= 0.6 is 0 Å². The molecule has 3 rings (SSSR count). The molecule has 1 saturated heterocycles. The molecule has 2 saturated carbocycles. The summed E-state index contributed by atoms with van der Waals surface area (Å²) in [6.45, 7) is 8.68. The van der Waals surface area contributed by atoms with Crippen LogP contribution in [-0.4, -0.2) is 36.1 Å². The fourth-order valence-electron chi connectivity index (χ4n) is 3.87. The molecule has 1 aliphatic heterocycles. The molecule has 2 atom stereocenters. The summed E-state index contributed by atoms with van der Waals surface area (Å²) < 4.78 is 0. The number of nitrogens with one attached hydrogen (secondary N) is 1. The van der Waals surface area contributed by atoms with Gasteiger partial charge in [-0.05, 0) is 51.0 Å². The van der Waals surface area contributed by atoms with Crippen molar-refractivity contribution in [1.29, 1.82) is 0 Å². The van der Waals surface area contributed by atoms with Crippen molar-refractivity contribution >= 4 is 0 Å². The van der Waals surface area contributed by atoms with Crippen LogP contribution in [0.2, 0.25) is 0 Å². The maximum absolute atomic E-state index is 3.86. The van der Waals surface area contributed by atoms with Crippen LogP contribution in [0.15, 0.2) is 0 Å². The molecule has 2 nitrogen and oxygen atoms in total. The highest BCUT2D eigenvalue weighted by atomic mass is 15.3. The van der Waals surface area contributed by atoms with Gasteiger partial charge in [0.2, 0.25) is 0 Å². The Bertz CT molecular complexity index is 283. The second-order valence-electron chi connectivity index (χ2n) is 7.19. The second-order valence-corrected chi connectivity index (χ2v) is 7.19. The minimum absolute atomic E-state index is 0.422. The molecule has 2 aliphatic carbocycles. The predicted molar refractivity (Wildman–Crippen MR) is 76.7 cm³/mol. The first-order chi connectivity index (χ1) is 8.71. The van der Waals surface area contributed by atoms with Gasteiger partial charge in [0.1, 0.15) is 0 Å². The highest BCUT2D eigenvalue weighted by Gasteiger charge is 2.45. The molecule has 1 heterocycles. The summed E-state index contributed by atoms with van der Waals surface area (Å²) in [4.78, 5) is 2.81. The fourth-order valence-corrected chi connectivity index (χ4v) is 3.87. The zero-order valence-electron chi connectivity index (χ0n) is 12.3. The molecule has 3 fully saturated rings. The van der Waals surface area contributed by atoms with Crippen molar-refractivity contribution in [2.24, 2.45) is 11.8 Å². The number of rotatable bonds is 5. The third-order valence-electron chi connectivity index (χ3n) is 5.79. The van der Waals surface area contributed by atoms with Gasteiger partial charge in [-0.1, -0.05) is 26.2 Å². The lowest BCUT2D eigenvalue weighted by Gasteiger charge is -2.47. The van der Waals surface area contributed by atoms with E-state index < -0.39 is 0 Å². The Morgan fingerprint density at radius 2 is 2.00 bits per heavy atom. The summed E-state index contributed by atoms with van der Waals surface area (Å²) >= 11 is 0. The maximum Gasteiger partial charge on any atom is 0.0309 e. The summed E-state index contributed by atoms with van der Waals surface area (Å²) in [6, 6.07) is 0.789. The van der Waals surface area contributed by atoms with Crippen molar-refractivity contribution in [2.45, 2.75) is 70.4 Å². The molecule has 18 heavy (non-hydrogen) atoms. The van der Waals surface area contributed by atoms with E-state index in [0.717, 1.165) is 17.9 Å². The van der Waals surface area contributed by atoms with Gasteiger partial charge in [-0.3, -0.25) is 4.90 Å². The molecule has 2 heteroatoms. The average Bonchev–Trinajstić information content (AvgIpc) is 3.11. The molecule has 3 aliphatic rings. The van der Waals surface area contributed by atoms with E-state index in [1.807, 2.05) is 0 Å². The first kappa shape index (κ1) is 12.9. The van der Waals surface area contributed by atoms with Gasteiger partial charge < -0.3 is 5.32 Å². The van der Waals surface area contributed by atoms with Crippen LogP contribution in [0.4, 0.5) is 0 Å². The number of hydrogen-bond acceptors (Lipinski definition) is 2. The average molecular weight is 250 g/mol. The van der Waals surface area contributed by atoms with Crippen molar-refractivity contribution < 1.29 is 0 Å². The quantitative estimate of drug-likeness (QED) is 0.807. The lowest BCUT2D eigenvalue weighted by atomic mass is 9.82. The SMILES string of the molecule is CCC1CNC(C)(C2CC2)CN1CCC1CCC1. The molecule has 0 radical (unpaired) electrons. The highest BCUT2D eigenvalue weighted by Crippen LogP contribution is 2.41. The highest BCUT2D eigenvalue weighted by molar-refractivity contribution is 5.04. The molecule has 0 bridgehead atoms. The zero-order chi connectivity index (χ0) is 12.6. The Morgan fingerprint density at radius 3 is 2.56 bits per heavy atom. The Labute approximate surface area is 113 Å². The molecule has 1 N–H and O–H groups in total. The van der Waals surface area contributed by atoms with E-state index >= 15 is 0 Å². The number of hydrogen-bond donors (Lipinski definition) is 1. The van der Waals surface area contributed by atoms with Crippen molar-refractivity contribution in [1.82, 2.24) is 10.2 Å². The van der Waals surface area contributed by atoms with E-state index in [9.17, 15) is 0 Å². The first-order valence-corrected chi connectivity index (χ1v) is 8.20. The summed E-state index contributed by atoms with van der Waals surface area (Å²) in [7, 11) is 0. The molecular weight excluding hydrogens is 220 g/mol. The molecule has 0 aromatic carbocycles. The Hall–Kier alpha value is -0.0800. The fraction of sp³-hybridized carbons (Fsp3) is 1.00. The largest absolute Gasteiger partial charge is 0.308 e. The third-order valence-corrected chi connectivity index (χ3v) is 5.79. The smallest absolute Gasteiger partial charge is 0.0309 e. The van der Waals surface area contributed by atoms with Crippen LogP contribution in [0, 0.1) is 11.8 Å². The van der Waals surface area contributed by atoms with Crippen molar-refractivity contribution in [3.63, 3.8) is 0 Å². The monoisotopic (exact) mass is 250 g/mol. The van der Waals surface area contributed by atoms with Gasteiger partial charge in [-0.25, -0.2) is 0 Å². The minimum atomic E-state index is 0.422. The predicted octanol–water partition coefficient (Wildman–Crippen LogP) is 3.03. The van der Waals surface area contributed by atoms with Crippen molar-refractivity contribution in [3.05, 3.63) is 0 Å². The van der Waals surface area contributed by atoms with Gasteiger partial charge in [0.15, 0.2) is 0 Å². The molecule has 0 aromatic heterocycles. The maximum atomic E-state index is 3.86. The second kappa shape index (κ2) is 5.13. The summed E-state index contributed by atoms with van der Waals surface area (Å²) in [5.41, 5.74) is 0.422. The van der Waals surface area contributed by atoms with E-state index in [0.29, 0.717) is 5.54 Å². The Balaban J connectivity index is 1.56. The molecule has 0 aromatic rings. The van der Waals surface area contributed by atoms with Crippen LogP contribution in [0.3, 0.4) is 0 Å². The van der Waals surface area contributed by atoms with E-state index in [4.69, 9.17) is 0 Å². The van der Waals surface area contributed by atoms with E-state index in [-0.39, 0.29) is 0 Å². The first-order valence-electron chi connectivity index (χ1n) is 8.20. The molecule has 0 spiro atoms. The molecule has 104 valence electrons. The number of nitrogens with zero attached hydrogens (tertiary/aromatic N) is 1. The van der Waals surface area contributed by atoms with Crippen molar-refractivity contribution in [2.75, 3.05) is 19.6 Å². The van der Waals surface area contributed by atoms with E-state index in [2.05, 4.69) is 24.1 Å². The van der Waals surface area contributed by atoms with E-state index in [1.54, 1.807) is 0 Å². The Morgan fingerprint density at radius 1 is 1.22 bits per heavy atom. The number of piperazine rings is 1. The standard InChI is InChI=1S/C16H30N2/c1-3-15-11-17-16(2,14-7-8-14)12-18(15)10-9-13-5-4-6-13/h13-15,17H,3-12H2,1-2H3. The minimum Gasteiger partial charge on any atom is -0.308 e. The van der Waals surface area contributed by atoms with Crippen LogP contribution in [-0.2, 0) is 0 Å². The van der Waals surface area contributed by atoms with Gasteiger partial charge >= 0.3 is 0 Å². The molecular formula is C16H30N2. The van der Waals surface area contributed by atoms with Gasteiger partial charge in [-0.15, -0.1) is 0 Å². The Kier molecular flexibility index (Phi) is 3.68. The lowest BCUT2D eigenvalue weighted by molar-refractivity contribution is 0.0636. The van der Waals surface area contributed by atoms with Crippen LogP contribution in [0.1, 0.15) is 58.8 Å². The van der Waals surface area contributed by atoms with Gasteiger partial charge in [0, 0.05) is 24.7 Å². The summed E-state index contributed by atoms with van der Waals surface area (Å²) in [5.74, 6) is 2.02. The van der Waals surface area contributed by atoms with Crippen LogP contribution in [0.25, 0.3) is 0 Å². The van der Waals surface area contributed by atoms with Crippen LogP contribution in [0.5, 0.6) is 0 Å². The lowest BCUT2D eigenvalue weighted by Crippen LogP contribution is -2.64. The van der Waals surface area contributed by atoms with Gasteiger partial charge in [-0.2, -0.15) is 0 Å². The molecule has 2 unspecified atom stereocenters. The van der Waals surface area contributed by atoms with Crippen LogP contribution < -0.4 is 5.32 Å². The summed E-state index contributed by atoms with van der Waals surface area (Å²) in [5, 5.41) is 3.86. The van der Waals surface area contributed by atoms with Gasteiger partial charge in [0.25, 0.3) is 0 Å². The topological polar surface area (TPSA) is 15.3 Å². The normalized spacial score (nSPS) is 38.7. The zero-order valence-corrected chi connectivity index (χ0v) is 12.3.